The number of amides is 1. The summed E-state index contributed by atoms with van der Waals surface area (Å²) < 4.78 is 0. The summed E-state index contributed by atoms with van der Waals surface area (Å²) in [4.78, 5) is 14.0. The van der Waals surface area contributed by atoms with Gasteiger partial charge in [-0.25, -0.2) is 0 Å². The van der Waals surface area contributed by atoms with Crippen LogP contribution in [-0.4, -0.2) is 47.7 Å². The van der Waals surface area contributed by atoms with E-state index in [2.05, 4.69) is 5.32 Å². The van der Waals surface area contributed by atoms with Gasteiger partial charge in [0.25, 0.3) is 0 Å². The van der Waals surface area contributed by atoms with Crippen molar-refractivity contribution in [2.24, 2.45) is 0 Å². The zero-order chi connectivity index (χ0) is 10.7. The highest BCUT2D eigenvalue weighted by Gasteiger charge is 2.32. The second kappa shape index (κ2) is 4.94. The highest BCUT2D eigenvalue weighted by atomic mass is 16.3. The molecule has 0 aromatic carbocycles. The van der Waals surface area contributed by atoms with Gasteiger partial charge >= 0.3 is 0 Å². The molecule has 2 atom stereocenters. The summed E-state index contributed by atoms with van der Waals surface area (Å²) in [6.07, 6.45) is 5.25. The van der Waals surface area contributed by atoms with Crippen LogP contribution in [0.3, 0.4) is 0 Å². The van der Waals surface area contributed by atoms with Gasteiger partial charge in [-0.05, 0) is 32.2 Å². The predicted molar refractivity (Wildman–Crippen MR) is 57.5 cm³/mol. The van der Waals surface area contributed by atoms with E-state index in [0.29, 0.717) is 0 Å². The number of likely N-dealkylation sites (tertiary alicyclic amines) is 1. The third-order valence-corrected chi connectivity index (χ3v) is 3.48. The third kappa shape index (κ3) is 2.32. The van der Waals surface area contributed by atoms with Crippen molar-refractivity contribution in [3.8, 4) is 0 Å². The molecule has 2 fully saturated rings. The van der Waals surface area contributed by atoms with E-state index in [4.69, 9.17) is 5.11 Å². The molecule has 86 valence electrons. The Labute approximate surface area is 90.6 Å². The van der Waals surface area contributed by atoms with Crippen LogP contribution in [0.4, 0.5) is 0 Å². The smallest absolute Gasteiger partial charge is 0.240 e. The minimum Gasteiger partial charge on any atom is -0.394 e. The van der Waals surface area contributed by atoms with E-state index in [-0.39, 0.29) is 24.6 Å². The quantitative estimate of drug-likeness (QED) is 0.683. The number of hydrogen-bond donors (Lipinski definition) is 2. The Morgan fingerprint density at radius 2 is 2.20 bits per heavy atom. The van der Waals surface area contributed by atoms with E-state index < -0.39 is 0 Å². The van der Waals surface area contributed by atoms with E-state index >= 15 is 0 Å². The van der Waals surface area contributed by atoms with Crippen LogP contribution in [0.1, 0.15) is 32.1 Å². The van der Waals surface area contributed by atoms with Crippen LogP contribution in [0.25, 0.3) is 0 Å². The van der Waals surface area contributed by atoms with Crippen molar-refractivity contribution in [1.82, 2.24) is 10.2 Å². The Morgan fingerprint density at radius 3 is 2.87 bits per heavy atom. The van der Waals surface area contributed by atoms with Crippen molar-refractivity contribution in [2.45, 2.75) is 44.2 Å². The van der Waals surface area contributed by atoms with Crippen LogP contribution in [-0.2, 0) is 4.79 Å². The zero-order valence-electron chi connectivity index (χ0n) is 9.11. The van der Waals surface area contributed by atoms with Crippen molar-refractivity contribution in [1.29, 1.82) is 0 Å². The predicted octanol–water partition coefficient (Wildman–Crippen LogP) is 0.112. The van der Waals surface area contributed by atoms with Gasteiger partial charge in [-0.1, -0.05) is 6.42 Å². The number of carbonyl (C=O) groups excluding carboxylic acids is 1. The molecule has 0 aromatic heterocycles. The first-order chi connectivity index (χ1) is 7.33. The van der Waals surface area contributed by atoms with Crippen molar-refractivity contribution in [3.05, 3.63) is 0 Å². The van der Waals surface area contributed by atoms with Gasteiger partial charge in [0, 0.05) is 6.54 Å². The fourth-order valence-corrected chi connectivity index (χ4v) is 2.58. The maximum Gasteiger partial charge on any atom is 0.240 e. The van der Waals surface area contributed by atoms with E-state index in [1.807, 2.05) is 4.90 Å². The van der Waals surface area contributed by atoms with Gasteiger partial charge in [-0.2, -0.15) is 0 Å². The molecule has 2 saturated heterocycles. The van der Waals surface area contributed by atoms with Gasteiger partial charge in [0.05, 0.1) is 18.7 Å². The Bertz CT molecular complexity index is 227. The summed E-state index contributed by atoms with van der Waals surface area (Å²) in [5, 5.41) is 12.4. The summed E-state index contributed by atoms with van der Waals surface area (Å²) in [7, 11) is 0. The third-order valence-electron chi connectivity index (χ3n) is 3.48. The highest BCUT2D eigenvalue weighted by Crippen LogP contribution is 2.19. The Balaban J connectivity index is 1.93. The molecule has 0 saturated carbocycles. The molecule has 4 heteroatoms. The summed E-state index contributed by atoms with van der Waals surface area (Å²) in [6.45, 7) is 1.88. The summed E-state index contributed by atoms with van der Waals surface area (Å²) in [5.41, 5.74) is 0. The van der Waals surface area contributed by atoms with E-state index in [9.17, 15) is 4.79 Å². The summed E-state index contributed by atoms with van der Waals surface area (Å²) >= 11 is 0. The minimum absolute atomic E-state index is 0.00546. The molecule has 1 amide bonds. The van der Waals surface area contributed by atoms with Gasteiger partial charge in [0.15, 0.2) is 0 Å². The van der Waals surface area contributed by atoms with Crippen LogP contribution in [0.5, 0.6) is 0 Å². The average Bonchev–Trinajstić information content (AvgIpc) is 2.77. The first-order valence-corrected chi connectivity index (χ1v) is 5.97. The summed E-state index contributed by atoms with van der Waals surface area (Å²) in [6, 6.07) is 0.0760. The first kappa shape index (κ1) is 10.9. The molecule has 2 aliphatic rings. The average molecular weight is 212 g/mol. The monoisotopic (exact) mass is 212 g/mol. The SMILES string of the molecule is O=C([C@H]1CCCCN1)N1CCC[C@H]1CO. The van der Waals surface area contributed by atoms with Crippen LogP contribution < -0.4 is 5.32 Å². The standard InChI is InChI=1S/C11H20N2O2/c14-8-9-4-3-7-13(9)11(15)10-5-1-2-6-12-10/h9-10,12,14H,1-8H2/t9-,10+/m0/s1. The first-order valence-electron chi connectivity index (χ1n) is 5.97. The van der Waals surface area contributed by atoms with Crippen LogP contribution >= 0.6 is 0 Å². The molecule has 0 spiro atoms. The lowest BCUT2D eigenvalue weighted by molar-refractivity contribution is -0.135. The molecule has 2 heterocycles. The molecule has 2 N–H and O–H groups in total. The molecule has 0 aliphatic carbocycles. The maximum absolute atomic E-state index is 12.1. The number of nitrogens with zero attached hydrogens (tertiary/aromatic N) is 1. The molecule has 2 rings (SSSR count). The highest BCUT2D eigenvalue weighted by molar-refractivity contribution is 5.82. The number of rotatable bonds is 2. The number of carbonyl (C=O) groups is 1. The van der Waals surface area contributed by atoms with Gasteiger partial charge in [0.2, 0.25) is 5.91 Å². The molecule has 4 nitrogen and oxygen atoms in total. The number of aliphatic hydroxyl groups is 1. The number of hydrogen-bond acceptors (Lipinski definition) is 3. The van der Waals surface area contributed by atoms with Crippen molar-refractivity contribution < 1.29 is 9.90 Å². The molecule has 15 heavy (non-hydrogen) atoms. The van der Waals surface area contributed by atoms with Crippen LogP contribution in [0.15, 0.2) is 0 Å². The minimum atomic E-state index is 0.00546. The van der Waals surface area contributed by atoms with Crippen molar-refractivity contribution in [3.63, 3.8) is 0 Å². The number of piperidine rings is 1. The van der Waals surface area contributed by atoms with Gasteiger partial charge < -0.3 is 15.3 Å². The molecule has 0 radical (unpaired) electrons. The van der Waals surface area contributed by atoms with Crippen LogP contribution in [0.2, 0.25) is 0 Å². The van der Waals surface area contributed by atoms with Crippen molar-refractivity contribution in [2.75, 3.05) is 19.7 Å². The fraction of sp³-hybridized carbons (Fsp3) is 0.909. The Hall–Kier alpha value is -0.610. The molecular formula is C11H20N2O2. The lowest BCUT2D eigenvalue weighted by Crippen LogP contribution is -2.50. The van der Waals surface area contributed by atoms with Crippen LogP contribution in [0, 0.1) is 0 Å². The largest absolute Gasteiger partial charge is 0.394 e. The Morgan fingerprint density at radius 1 is 1.33 bits per heavy atom. The molecule has 0 aromatic rings. The van der Waals surface area contributed by atoms with E-state index in [1.165, 1.54) is 6.42 Å². The van der Waals surface area contributed by atoms with Gasteiger partial charge in [-0.15, -0.1) is 0 Å². The lowest BCUT2D eigenvalue weighted by Gasteiger charge is -2.30. The normalized spacial score (nSPS) is 31.9. The molecular weight excluding hydrogens is 192 g/mol. The van der Waals surface area contributed by atoms with Gasteiger partial charge in [-0.3, -0.25) is 4.79 Å². The van der Waals surface area contributed by atoms with E-state index in [0.717, 1.165) is 38.8 Å². The second-order valence-corrected chi connectivity index (χ2v) is 4.51. The molecule has 2 aliphatic heterocycles. The van der Waals surface area contributed by atoms with Gasteiger partial charge in [0.1, 0.15) is 0 Å². The maximum atomic E-state index is 12.1. The number of nitrogens with one attached hydrogen (secondary N) is 1. The fourth-order valence-electron chi connectivity index (χ4n) is 2.58. The van der Waals surface area contributed by atoms with E-state index in [1.54, 1.807) is 0 Å². The topological polar surface area (TPSA) is 52.6 Å². The Kier molecular flexibility index (Phi) is 3.59. The molecule has 0 bridgehead atoms. The second-order valence-electron chi connectivity index (χ2n) is 4.51. The zero-order valence-corrected chi connectivity index (χ0v) is 9.11. The summed E-state index contributed by atoms with van der Waals surface area (Å²) in [5.74, 6) is 0.200. The number of aliphatic hydroxyl groups excluding tert-OH is 1. The molecule has 0 unspecified atom stereocenters. The van der Waals surface area contributed by atoms with Crippen molar-refractivity contribution >= 4 is 5.91 Å². The lowest BCUT2D eigenvalue weighted by atomic mass is 10.0.